The fourth-order valence-electron chi connectivity index (χ4n) is 3.79. The Kier molecular flexibility index (Phi) is 5.80. The van der Waals surface area contributed by atoms with Crippen LogP contribution in [-0.2, 0) is 18.2 Å². The summed E-state index contributed by atoms with van der Waals surface area (Å²) >= 11 is 19.6. The summed E-state index contributed by atoms with van der Waals surface area (Å²) in [5.74, 6) is -0.0908. The average molecular weight is 452 g/mol. The Morgan fingerprint density at radius 2 is 1.79 bits per heavy atom. The van der Waals surface area contributed by atoms with Gasteiger partial charge in [0.15, 0.2) is 0 Å². The molecule has 7 heteroatoms. The zero-order valence-electron chi connectivity index (χ0n) is 16.3. The summed E-state index contributed by atoms with van der Waals surface area (Å²) in [5, 5.41) is 2.65. The molecule has 1 aliphatic heterocycles. The summed E-state index contributed by atoms with van der Waals surface area (Å²) in [4.78, 5) is 14.7. The van der Waals surface area contributed by atoms with Gasteiger partial charge in [0.25, 0.3) is 5.91 Å². The lowest BCUT2D eigenvalue weighted by molar-refractivity contribution is 0.0303. The molecule has 29 heavy (non-hydrogen) atoms. The van der Waals surface area contributed by atoms with Crippen molar-refractivity contribution in [1.29, 1.82) is 0 Å². The highest BCUT2D eigenvalue weighted by Crippen LogP contribution is 2.34. The number of carbonyl (C=O) groups excluding carboxylic acids is 1. The van der Waals surface area contributed by atoms with Crippen LogP contribution in [-0.4, -0.2) is 41.7 Å². The van der Waals surface area contributed by atoms with E-state index in [1.807, 2.05) is 20.0 Å². The smallest absolute Gasteiger partial charge is 0.255 e. The number of hydrogen-bond acceptors (Lipinski definition) is 2. The van der Waals surface area contributed by atoms with Crippen LogP contribution in [0.25, 0.3) is 10.9 Å². The van der Waals surface area contributed by atoms with Gasteiger partial charge in [0.2, 0.25) is 0 Å². The zero-order chi connectivity index (χ0) is 20.7. The van der Waals surface area contributed by atoms with Gasteiger partial charge in [-0.05, 0) is 48.4 Å². The summed E-state index contributed by atoms with van der Waals surface area (Å²) in [6, 6.07) is 9.56. The van der Waals surface area contributed by atoms with E-state index in [0.29, 0.717) is 48.3 Å². The van der Waals surface area contributed by atoms with Crippen molar-refractivity contribution in [3.63, 3.8) is 0 Å². The second-order valence-electron chi connectivity index (χ2n) is 7.34. The van der Waals surface area contributed by atoms with Gasteiger partial charge in [0, 0.05) is 48.2 Å². The van der Waals surface area contributed by atoms with Crippen LogP contribution in [0.2, 0.25) is 15.1 Å². The van der Waals surface area contributed by atoms with Gasteiger partial charge in [0.05, 0.1) is 28.8 Å². The van der Waals surface area contributed by atoms with Crippen molar-refractivity contribution in [2.45, 2.75) is 13.3 Å². The molecule has 4 nitrogen and oxygen atoms in total. The Hall–Kier alpha value is -1.72. The van der Waals surface area contributed by atoms with E-state index in [9.17, 15) is 4.79 Å². The predicted octanol–water partition coefficient (Wildman–Crippen LogP) is 5.51. The lowest BCUT2D eigenvalue weighted by Gasteiger charge is -2.27. The molecule has 152 valence electrons. The van der Waals surface area contributed by atoms with E-state index >= 15 is 0 Å². The highest BCUT2D eigenvalue weighted by Gasteiger charge is 2.23. The van der Waals surface area contributed by atoms with Crippen molar-refractivity contribution in [1.82, 2.24) is 9.47 Å². The maximum Gasteiger partial charge on any atom is 0.255 e. The monoisotopic (exact) mass is 450 g/mol. The molecule has 0 bridgehead atoms. The fraction of sp³-hybridized carbons (Fsp3) is 0.318. The number of hydrogen-bond donors (Lipinski definition) is 0. The molecule has 4 rings (SSSR count). The molecule has 0 spiro atoms. The number of carbonyl (C=O) groups is 1. The van der Waals surface area contributed by atoms with Crippen molar-refractivity contribution in [2.75, 3.05) is 26.3 Å². The minimum atomic E-state index is -0.0908. The van der Waals surface area contributed by atoms with E-state index < -0.39 is 0 Å². The van der Waals surface area contributed by atoms with E-state index in [4.69, 9.17) is 39.5 Å². The number of amides is 1. The SMILES string of the molecule is Cc1cc(Cl)c2cc(Cc3c(Cl)ccc(C(=O)N4CCOCC4)c3Cl)n(C)c2c1. The van der Waals surface area contributed by atoms with E-state index in [-0.39, 0.29) is 5.91 Å². The first-order valence-electron chi connectivity index (χ1n) is 9.45. The summed E-state index contributed by atoms with van der Waals surface area (Å²) in [6.07, 6.45) is 0.502. The van der Waals surface area contributed by atoms with Crippen molar-refractivity contribution < 1.29 is 9.53 Å². The molecule has 1 amide bonds. The van der Waals surface area contributed by atoms with Crippen LogP contribution in [0.4, 0.5) is 0 Å². The van der Waals surface area contributed by atoms with E-state index in [1.54, 1.807) is 17.0 Å². The Bertz CT molecular complexity index is 1100. The summed E-state index contributed by atoms with van der Waals surface area (Å²) in [6.45, 7) is 4.23. The van der Waals surface area contributed by atoms with Crippen LogP contribution < -0.4 is 0 Å². The third-order valence-corrected chi connectivity index (χ3v) is 6.53. The van der Waals surface area contributed by atoms with Crippen LogP contribution in [0, 0.1) is 6.92 Å². The normalized spacial score (nSPS) is 14.6. The molecule has 1 fully saturated rings. The van der Waals surface area contributed by atoms with Gasteiger partial charge in [0.1, 0.15) is 0 Å². The maximum atomic E-state index is 12.9. The molecule has 3 aromatic rings. The van der Waals surface area contributed by atoms with Crippen molar-refractivity contribution >= 4 is 51.6 Å². The Labute approximate surface area is 184 Å². The molecule has 0 radical (unpaired) electrons. The van der Waals surface area contributed by atoms with Gasteiger partial charge in [-0.1, -0.05) is 34.8 Å². The van der Waals surface area contributed by atoms with Gasteiger partial charge in [-0.25, -0.2) is 0 Å². The number of morpholine rings is 1. The third-order valence-electron chi connectivity index (χ3n) is 5.43. The number of nitrogens with zero attached hydrogens (tertiary/aromatic N) is 2. The van der Waals surface area contributed by atoms with Gasteiger partial charge >= 0.3 is 0 Å². The first kappa shape index (κ1) is 20.5. The molecule has 2 heterocycles. The highest BCUT2D eigenvalue weighted by atomic mass is 35.5. The fourth-order valence-corrected chi connectivity index (χ4v) is 4.69. The predicted molar refractivity (Wildman–Crippen MR) is 119 cm³/mol. The molecular formula is C22H21Cl3N2O2. The number of fused-ring (bicyclic) bond motifs is 1. The molecule has 2 aromatic carbocycles. The number of benzene rings is 2. The quantitative estimate of drug-likeness (QED) is 0.526. The molecule has 1 aromatic heterocycles. The number of ether oxygens (including phenoxy) is 1. The molecule has 0 unspecified atom stereocenters. The maximum absolute atomic E-state index is 12.9. The van der Waals surface area contributed by atoms with Crippen LogP contribution in [0.15, 0.2) is 30.3 Å². The molecule has 0 aliphatic carbocycles. The van der Waals surface area contributed by atoms with Crippen LogP contribution in [0.1, 0.15) is 27.2 Å². The van der Waals surface area contributed by atoms with Gasteiger partial charge in [-0.15, -0.1) is 0 Å². The molecule has 0 N–H and O–H groups in total. The molecule has 1 aliphatic rings. The van der Waals surface area contributed by atoms with Gasteiger partial charge in [-0.2, -0.15) is 0 Å². The topological polar surface area (TPSA) is 34.5 Å². The Morgan fingerprint density at radius 1 is 1.07 bits per heavy atom. The lowest BCUT2D eigenvalue weighted by Crippen LogP contribution is -2.40. The average Bonchev–Trinajstić information content (AvgIpc) is 3.01. The lowest BCUT2D eigenvalue weighted by atomic mass is 10.0. The summed E-state index contributed by atoms with van der Waals surface area (Å²) in [7, 11) is 2.00. The number of aryl methyl sites for hydroxylation is 2. The first-order valence-corrected chi connectivity index (χ1v) is 10.6. The third kappa shape index (κ3) is 3.87. The first-order chi connectivity index (χ1) is 13.9. The van der Waals surface area contributed by atoms with Crippen LogP contribution >= 0.6 is 34.8 Å². The molecule has 1 saturated heterocycles. The van der Waals surface area contributed by atoms with Crippen LogP contribution in [0.5, 0.6) is 0 Å². The molecular weight excluding hydrogens is 431 g/mol. The second-order valence-corrected chi connectivity index (χ2v) is 8.54. The number of halogens is 3. The second kappa shape index (κ2) is 8.19. The van der Waals surface area contributed by atoms with Gasteiger partial charge < -0.3 is 14.2 Å². The summed E-state index contributed by atoms with van der Waals surface area (Å²) in [5.41, 5.74) is 4.39. The van der Waals surface area contributed by atoms with E-state index in [0.717, 1.165) is 32.7 Å². The van der Waals surface area contributed by atoms with Crippen molar-refractivity contribution in [2.24, 2.45) is 7.05 Å². The van der Waals surface area contributed by atoms with Crippen LogP contribution in [0.3, 0.4) is 0 Å². The number of rotatable bonds is 3. The molecule has 0 saturated carbocycles. The minimum Gasteiger partial charge on any atom is -0.378 e. The van der Waals surface area contributed by atoms with Crippen molar-refractivity contribution in [3.05, 3.63) is 67.8 Å². The van der Waals surface area contributed by atoms with Crippen molar-refractivity contribution in [3.8, 4) is 0 Å². The Morgan fingerprint density at radius 3 is 2.52 bits per heavy atom. The van der Waals surface area contributed by atoms with E-state index in [2.05, 4.69) is 16.7 Å². The zero-order valence-corrected chi connectivity index (χ0v) is 18.5. The largest absolute Gasteiger partial charge is 0.378 e. The Balaban J connectivity index is 1.72. The molecule has 0 atom stereocenters. The van der Waals surface area contributed by atoms with E-state index in [1.165, 1.54) is 0 Å². The summed E-state index contributed by atoms with van der Waals surface area (Å²) < 4.78 is 7.43. The minimum absolute atomic E-state index is 0.0908. The highest BCUT2D eigenvalue weighted by molar-refractivity contribution is 6.38. The standard InChI is InChI=1S/C22H21Cl3N2O2/c1-13-9-19(24)16-11-14(26(2)20(16)10-13)12-17-18(23)4-3-15(21(17)25)22(28)27-5-7-29-8-6-27/h3-4,9-11H,5-8,12H2,1-2H3. The van der Waals surface area contributed by atoms with Gasteiger partial charge in [-0.3, -0.25) is 4.79 Å². The number of aromatic nitrogens is 1.